The Kier molecular flexibility index (Phi) is 3.10. The number of nitrogens with zero attached hydrogens (tertiary/aromatic N) is 3. The second-order valence-corrected chi connectivity index (χ2v) is 4.31. The lowest BCUT2D eigenvalue weighted by Crippen LogP contribution is -2.02. The van der Waals surface area contributed by atoms with Crippen LogP contribution in [0.3, 0.4) is 0 Å². The molecule has 0 spiro atoms. The monoisotopic (exact) mass is 253 g/mol. The molecule has 5 nitrogen and oxygen atoms in total. The first-order valence-electron chi connectivity index (χ1n) is 6.34. The van der Waals surface area contributed by atoms with Crippen LogP contribution in [0.1, 0.15) is 18.2 Å². The average Bonchev–Trinajstić information content (AvgIpc) is 2.90. The van der Waals surface area contributed by atoms with Gasteiger partial charge in [0.2, 0.25) is 0 Å². The van der Waals surface area contributed by atoms with Gasteiger partial charge in [-0.1, -0.05) is 37.3 Å². The van der Waals surface area contributed by atoms with Gasteiger partial charge in [0.15, 0.2) is 11.3 Å². The minimum absolute atomic E-state index is 0.723. The summed E-state index contributed by atoms with van der Waals surface area (Å²) < 4.78 is 0. The molecule has 1 aromatic carbocycles. The highest BCUT2D eigenvalue weighted by molar-refractivity contribution is 5.86. The van der Waals surface area contributed by atoms with Crippen LogP contribution in [0.2, 0.25) is 0 Å². The van der Waals surface area contributed by atoms with Gasteiger partial charge in [-0.05, 0) is 12.0 Å². The third kappa shape index (κ3) is 2.27. The van der Waals surface area contributed by atoms with Crippen LogP contribution in [0.5, 0.6) is 0 Å². The van der Waals surface area contributed by atoms with E-state index >= 15 is 0 Å². The summed E-state index contributed by atoms with van der Waals surface area (Å²) in [6.45, 7) is 2.80. The fraction of sp³-hybridized carbons (Fsp3) is 0.214. The van der Waals surface area contributed by atoms with Crippen LogP contribution in [0.25, 0.3) is 11.0 Å². The van der Waals surface area contributed by atoms with E-state index in [4.69, 9.17) is 0 Å². The zero-order valence-electron chi connectivity index (χ0n) is 10.7. The summed E-state index contributed by atoms with van der Waals surface area (Å²) >= 11 is 0. The van der Waals surface area contributed by atoms with Gasteiger partial charge in [0.1, 0.15) is 11.8 Å². The molecule has 2 aromatic heterocycles. The maximum absolute atomic E-state index is 4.29. The molecule has 0 saturated carbocycles. The second-order valence-electron chi connectivity index (χ2n) is 4.31. The molecule has 0 fully saturated rings. The Morgan fingerprint density at radius 1 is 1.11 bits per heavy atom. The summed E-state index contributed by atoms with van der Waals surface area (Å²) in [4.78, 5) is 8.55. The molecule has 0 bridgehead atoms. The van der Waals surface area contributed by atoms with E-state index in [2.05, 4.69) is 44.5 Å². The van der Waals surface area contributed by atoms with E-state index in [0.717, 1.165) is 35.5 Å². The highest BCUT2D eigenvalue weighted by Gasteiger charge is 2.10. The Hall–Kier alpha value is -2.43. The van der Waals surface area contributed by atoms with E-state index in [1.165, 1.54) is 5.56 Å². The molecule has 0 unspecified atom stereocenters. The Bertz CT molecular complexity index is 675. The zero-order chi connectivity index (χ0) is 13.1. The number of nitrogens with one attached hydrogen (secondary N) is 2. The standard InChI is InChI=1S/C14H15N5/c1-2-11-12-13(19-18-11)14(17-9-16-12)15-8-10-6-4-3-5-7-10/h3-7,9H,2,8H2,1H3,(H,18,19)(H,15,16,17). The lowest BCUT2D eigenvalue weighted by molar-refractivity contribution is 0.985. The maximum atomic E-state index is 4.29. The van der Waals surface area contributed by atoms with E-state index in [1.54, 1.807) is 6.33 Å². The molecule has 3 rings (SSSR count). The van der Waals surface area contributed by atoms with Gasteiger partial charge in [0, 0.05) is 6.54 Å². The van der Waals surface area contributed by atoms with Gasteiger partial charge in [0.25, 0.3) is 0 Å². The summed E-state index contributed by atoms with van der Waals surface area (Å²) in [5.74, 6) is 0.768. The van der Waals surface area contributed by atoms with Crippen molar-refractivity contribution in [2.24, 2.45) is 0 Å². The van der Waals surface area contributed by atoms with Crippen molar-refractivity contribution in [2.75, 3.05) is 5.32 Å². The highest BCUT2D eigenvalue weighted by atomic mass is 15.2. The van der Waals surface area contributed by atoms with Crippen molar-refractivity contribution < 1.29 is 0 Å². The minimum Gasteiger partial charge on any atom is -0.364 e. The molecule has 0 atom stereocenters. The van der Waals surface area contributed by atoms with E-state index in [1.807, 2.05) is 18.2 Å². The third-order valence-corrected chi connectivity index (χ3v) is 3.07. The van der Waals surface area contributed by atoms with Gasteiger partial charge in [-0.25, -0.2) is 9.97 Å². The molecule has 5 heteroatoms. The molecule has 96 valence electrons. The number of rotatable bonds is 4. The first-order valence-corrected chi connectivity index (χ1v) is 6.34. The molecular formula is C14H15N5. The van der Waals surface area contributed by atoms with E-state index in [9.17, 15) is 0 Å². The van der Waals surface area contributed by atoms with Crippen molar-refractivity contribution in [3.63, 3.8) is 0 Å². The first-order chi connectivity index (χ1) is 9.38. The van der Waals surface area contributed by atoms with Gasteiger partial charge >= 0.3 is 0 Å². The molecule has 0 aliphatic heterocycles. The zero-order valence-corrected chi connectivity index (χ0v) is 10.7. The lowest BCUT2D eigenvalue weighted by atomic mass is 10.2. The average molecular weight is 253 g/mol. The molecule has 0 radical (unpaired) electrons. The lowest BCUT2D eigenvalue weighted by Gasteiger charge is -2.05. The molecular weight excluding hydrogens is 238 g/mol. The topological polar surface area (TPSA) is 66.5 Å². The molecule has 0 aliphatic carbocycles. The predicted molar refractivity (Wildman–Crippen MR) is 74.8 cm³/mol. The number of anilines is 1. The Morgan fingerprint density at radius 2 is 1.95 bits per heavy atom. The van der Waals surface area contributed by atoms with Crippen LogP contribution in [0.15, 0.2) is 36.7 Å². The number of aromatic nitrogens is 4. The van der Waals surface area contributed by atoms with E-state index < -0.39 is 0 Å². The molecule has 19 heavy (non-hydrogen) atoms. The molecule has 3 aromatic rings. The smallest absolute Gasteiger partial charge is 0.158 e. The highest BCUT2D eigenvalue weighted by Crippen LogP contribution is 2.20. The molecule has 0 saturated heterocycles. The fourth-order valence-electron chi connectivity index (χ4n) is 2.04. The van der Waals surface area contributed by atoms with Crippen LogP contribution in [-0.4, -0.2) is 20.2 Å². The second kappa shape index (κ2) is 5.06. The van der Waals surface area contributed by atoms with Crippen molar-refractivity contribution in [1.82, 2.24) is 20.2 Å². The Labute approximate surface area is 111 Å². The molecule has 0 aliphatic rings. The number of aryl methyl sites for hydroxylation is 1. The Morgan fingerprint density at radius 3 is 2.74 bits per heavy atom. The van der Waals surface area contributed by atoms with Crippen LogP contribution >= 0.6 is 0 Å². The fourth-order valence-corrected chi connectivity index (χ4v) is 2.04. The molecule has 2 N–H and O–H groups in total. The molecule has 2 heterocycles. The van der Waals surface area contributed by atoms with E-state index in [-0.39, 0.29) is 0 Å². The van der Waals surface area contributed by atoms with Gasteiger partial charge in [-0.15, -0.1) is 0 Å². The number of aromatic amines is 1. The largest absolute Gasteiger partial charge is 0.364 e. The summed E-state index contributed by atoms with van der Waals surface area (Å²) in [6.07, 6.45) is 2.45. The van der Waals surface area contributed by atoms with Crippen LogP contribution in [0.4, 0.5) is 5.82 Å². The van der Waals surface area contributed by atoms with Gasteiger partial charge in [-0.3, -0.25) is 5.10 Å². The third-order valence-electron chi connectivity index (χ3n) is 3.07. The van der Waals surface area contributed by atoms with Crippen molar-refractivity contribution >= 4 is 16.9 Å². The maximum Gasteiger partial charge on any atom is 0.158 e. The molecule has 0 amide bonds. The number of benzene rings is 1. The number of H-pyrrole nitrogens is 1. The van der Waals surface area contributed by atoms with Crippen molar-refractivity contribution in [1.29, 1.82) is 0 Å². The van der Waals surface area contributed by atoms with Crippen molar-refractivity contribution in [3.8, 4) is 0 Å². The summed E-state index contributed by atoms with van der Waals surface area (Å²) in [7, 11) is 0. The number of hydrogen-bond donors (Lipinski definition) is 2. The van der Waals surface area contributed by atoms with Gasteiger partial charge in [0.05, 0.1) is 5.69 Å². The van der Waals surface area contributed by atoms with Gasteiger partial charge < -0.3 is 5.32 Å². The SMILES string of the molecule is CCc1[nH]nc2c(NCc3ccccc3)ncnc12. The summed E-state index contributed by atoms with van der Waals surface area (Å²) in [5.41, 5.74) is 3.95. The number of fused-ring (bicyclic) bond motifs is 1. The predicted octanol–water partition coefficient (Wildman–Crippen LogP) is 2.53. The van der Waals surface area contributed by atoms with Crippen molar-refractivity contribution in [3.05, 3.63) is 47.9 Å². The summed E-state index contributed by atoms with van der Waals surface area (Å²) in [6, 6.07) is 10.2. The van der Waals surface area contributed by atoms with Crippen LogP contribution in [0, 0.1) is 0 Å². The normalized spacial score (nSPS) is 10.8. The van der Waals surface area contributed by atoms with Gasteiger partial charge in [-0.2, -0.15) is 5.10 Å². The Balaban J connectivity index is 1.87. The first kappa shape index (κ1) is 11.6. The van der Waals surface area contributed by atoms with E-state index in [0.29, 0.717) is 0 Å². The van der Waals surface area contributed by atoms with Crippen LogP contribution < -0.4 is 5.32 Å². The van der Waals surface area contributed by atoms with Crippen LogP contribution in [-0.2, 0) is 13.0 Å². The number of hydrogen-bond acceptors (Lipinski definition) is 4. The van der Waals surface area contributed by atoms with Crippen molar-refractivity contribution in [2.45, 2.75) is 19.9 Å². The quantitative estimate of drug-likeness (QED) is 0.749. The summed E-state index contributed by atoms with van der Waals surface area (Å²) in [5, 5.41) is 10.6. The minimum atomic E-state index is 0.723.